The lowest BCUT2D eigenvalue weighted by Gasteiger charge is -2.20. The quantitative estimate of drug-likeness (QED) is 0.227. The van der Waals surface area contributed by atoms with Crippen LogP contribution < -0.4 is 0 Å². The van der Waals surface area contributed by atoms with Crippen LogP contribution in [-0.2, 0) is 6.42 Å². The largest absolute Gasteiger partial charge is 0.310 e. The molecule has 4 heteroatoms. The van der Waals surface area contributed by atoms with Gasteiger partial charge in [0.05, 0.1) is 33.4 Å². The van der Waals surface area contributed by atoms with E-state index in [1.54, 1.807) is 18.2 Å². The molecule has 0 radical (unpaired) electrons. The molecule has 1 aliphatic carbocycles. The maximum Gasteiger partial charge on any atom is 0.101 e. The molecule has 0 saturated carbocycles. The van der Waals surface area contributed by atoms with E-state index in [4.69, 9.17) is 0 Å². The number of benzene rings is 5. The highest BCUT2D eigenvalue weighted by Crippen LogP contribution is 2.41. The fourth-order valence-electron chi connectivity index (χ4n) is 6.72. The van der Waals surface area contributed by atoms with Crippen molar-refractivity contribution in [3.05, 3.63) is 149 Å². The van der Waals surface area contributed by atoms with Crippen LogP contribution in [0, 0.1) is 22.7 Å². The van der Waals surface area contributed by atoms with Crippen molar-refractivity contribution in [1.82, 2.24) is 9.13 Å². The zero-order chi connectivity index (χ0) is 28.2. The van der Waals surface area contributed by atoms with Gasteiger partial charge < -0.3 is 9.13 Å². The Hall–Kier alpha value is -5.84. The van der Waals surface area contributed by atoms with Crippen LogP contribution in [0.4, 0.5) is 0 Å². The van der Waals surface area contributed by atoms with Gasteiger partial charge in [-0.1, -0.05) is 72.8 Å². The van der Waals surface area contributed by atoms with Gasteiger partial charge in [0.25, 0.3) is 0 Å². The minimum absolute atomic E-state index is 0.222. The lowest BCUT2D eigenvalue weighted by atomic mass is 9.86. The highest BCUT2D eigenvalue weighted by molar-refractivity contribution is 6.10. The first-order valence-corrected chi connectivity index (χ1v) is 14.1. The van der Waals surface area contributed by atoms with Gasteiger partial charge in [-0.3, -0.25) is 0 Å². The van der Waals surface area contributed by atoms with Crippen molar-refractivity contribution in [1.29, 1.82) is 10.5 Å². The van der Waals surface area contributed by atoms with E-state index < -0.39 is 0 Å². The first-order chi connectivity index (χ1) is 20.8. The summed E-state index contributed by atoms with van der Waals surface area (Å²) < 4.78 is 4.45. The predicted octanol–water partition coefficient (Wildman–Crippen LogP) is 8.82. The minimum atomic E-state index is 0.222. The van der Waals surface area contributed by atoms with Gasteiger partial charge in [-0.2, -0.15) is 10.5 Å². The molecule has 8 rings (SSSR count). The number of rotatable bonds is 3. The first kappa shape index (κ1) is 24.0. The number of fused-ring (bicyclic) bond motifs is 6. The van der Waals surface area contributed by atoms with Crippen LogP contribution in [0.1, 0.15) is 33.9 Å². The van der Waals surface area contributed by atoms with Gasteiger partial charge in [0.1, 0.15) is 12.1 Å². The Morgan fingerprint density at radius 2 is 1.24 bits per heavy atom. The van der Waals surface area contributed by atoms with E-state index in [0.29, 0.717) is 16.8 Å². The van der Waals surface area contributed by atoms with Crippen LogP contribution >= 0.6 is 0 Å². The zero-order valence-electron chi connectivity index (χ0n) is 22.7. The third-order valence-electron chi connectivity index (χ3n) is 8.57. The predicted molar refractivity (Wildman–Crippen MR) is 169 cm³/mol. The average molecular weight is 537 g/mol. The fourth-order valence-corrected chi connectivity index (χ4v) is 6.72. The third kappa shape index (κ3) is 3.46. The van der Waals surface area contributed by atoms with E-state index in [1.165, 1.54) is 33.4 Å². The molecule has 0 aliphatic heterocycles. The second-order valence-electron chi connectivity index (χ2n) is 10.8. The molecule has 0 amide bonds. The van der Waals surface area contributed by atoms with Crippen molar-refractivity contribution in [3.63, 3.8) is 0 Å². The summed E-state index contributed by atoms with van der Waals surface area (Å²) in [5.74, 6) is 0.222. The lowest BCUT2D eigenvalue weighted by molar-refractivity contribution is 0.826. The summed E-state index contributed by atoms with van der Waals surface area (Å²) in [7, 11) is 0. The maximum absolute atomic E-state index is 9.94. The van der Waals surface area contributed by atoms with E-state index in [1.807, 2.05) is 12.1 Å². The van der Waals surface area contributed by atoms with E-state index in [0.717, 1.165) is 28.2 Å². The Morgan fingerprint density at radius 3 is 1.98 bits per heavy atom. The van der Waals surface area contributed by atoms with Gasteiger partial charge in [0.15, 0.2) is 0 Å². The Balaban J connectivity index is 1.30. The molecule has 1 atom stereocenters. The van der Waals surface area contributed by atoms with E-state index in [-0.39, 0.29) is 5.92 Å². The molecule has 0 N–H and O–H groups in total. The lowest BCUT2D eigenvalue weighted by Crippen LogP contribution is -2.07. The maximum atomic E-state index is 9.94. The van der Waals surface area contributed by atoms with Gasteiger partial charge >= 0.3 is 0 Å². The summed E-state index contributed by atoms with van der Waals surface area (Å²) in [4.78, 5) is 0. The van der Waals surface area contributed by atoms with Crippen molar-refractivity contribution in [3.8, 4) is 23.5 Å². The molecule has 1 unspecified atom stereocenters. The van der Waals surface area contributed by atoms with Gasteiger partial charge in [-0.25, -0.2) is 0 Å². The summed E-state index contributed by atoms with van der Waals surface area (Å²) in [6, 6.07) is 44.1. The Kier molecular flexibility index (Phi) is 5.36. The smallest absolute Gasteiger partial charge is 0.101 e. The van der Waals surface area contributed by atoms with Crippen LogP contribution in [0.2, 0.25) is 0 Å². The van der Waals surface area contributed by atoms with Crippen molar-refractivity contribution in [2.75, 3.05) is 0 Å². The number of allylic oxidation sites excluding steroid dienone is 1. The van der Waals surface area contributed by atoms with Crippen LogP contribution in [0.15, 0.2) is 121 Å². The summed E-state index contributed by atoms with van der Waals surface area (Å²) >= 11 is 0. The minimum Gasteiger partial charge on any atom is -0.310 e. The number of hydrogen-bond donors (Lipinski definition) is 0. The van der Waals surface area contributed by atoms with Crippen LogP contribution in [0.5, 0.6) is 0 Å². The Morgan fingerprint density at radius 1 is 0.595 bits per heavy atom. The molecule has 4 nitrogen and oxygen atoms in total. The topological polar surface area (TPSA) is 57.4 Å². The molecule has 42 heavy (non-hydrogen) atoms. The van der Waals surface area contributed by atoms with Crippen molar-refractivity contribution in [2.45, 2.75) is 12.3 Å². The highest BCUT2D eigenvalue weighted by Gasteiger charge is 2.25. The van der Waals surface area contributed by atoms with Crippen LogP contribution in [-0.4, -0.2) is 9.13 Å². The fraction of sp³-hybridized carbons (Fsp3) is 0.0526. The summed E-state index contributed by atoms with van der Waals surface area (Å²) in [6.45, 7) is 0. The molecule has 0 fully saturated rings. The van der Waals surface area contributed by atoms with Gasteiger partial charge in [0.2, 0.25) is 0 Å². The first-order valence-electron chi connectivity index (χ1n) is 14.1. The molecule has 2 heterocycles. The number of aromatic nitrogens is 2. The third-order valence-corrected chi connectivity index (χ3v) is 8.57. The number of para-hydroxylation sites is 4. The Bertz CT molecular complexity index is 2270. The monoisotopic (exact) mass is 536 g/mol. The van der Waals surface area contributed by atoms with Gasteiger partial charge in [-0.05, 0) is 72.2 Å². The summed E-state index contributed by atoms with van der Waals surface area (Å²) in [5, 5.41) is 23.4. The molecule has 196 valence electrons. The average Bonchev–Trinajstić information content (AvgIpc) is 3.56. The number of hydrogen-bond acceptors (Lipinski definition) is 2. The van der Waals surface area contributed by atoms with Gasteiger partial charge in [-0.15, -0.1) is 0 Å². The summed E-state index contributed by atoms with van der Waals surface area (Å²) in [5.41, 5.74) is 9.83. The van der Waals surface area contributed by atoms with E-state index in [9.17, 15) is 10.5 Å². The molecular formula is C38H24N4. The molecule has 7 aromatic rings. The molecule has 1 aliphatic rings. The summed E-state index contributed by atoms with van der Waals surface area (Å²) in [6.07, 6.45) is 5.53. The Labute approximate surface area is 243 Å². The van der Waals surface area contributed by atoms with Crippen LogP contribution in [0.3, 0.4) is 0 Å². The van der Waals surface area contributed by atoms with Gasteiger partial charge in [0, 0.05) is 33.5 Å². The molecule has 2 aromatic heterocycles. The second kappa shape index (κ2) is 9.37. The number of nitrogens with zero attached hydrogens (tertiary/aromatic N) is 4. The molecule has 0 saturated heterocycles. The molecule has 5 aromatic carbocycles. The van der Waals surface area contributed by atoms with E-state index >= 15 is 0 Å². The highest BCUT2D eigenvalue weighted by atomic mass is 15.0. The molecule has 0 spiro atoms. The van der Waals surface area contributed by atoms with Crippen LogP contribution in [0.25, 0.3) is 50.2 Å². The molecule has 0 bridgehead atoms. The standard InChI is InChI=1S/C38H24N4/c39-23-27-9-8-10-28(24-40)38(27)42-35-16-7-5-14-31(35)33-22-26(18-20-37(33)42)25-17-19-36-32(21-25)30-13-4-6-15-34(30)41(36)29-11-2-1-3-12-29/h1-20,22,25H,21H2. The van der Waals surface area contributed by atoms with Crippen molar-refractivity contribution in [2.24, 2.45) is 0 Å². The van der Waals surface area contributed by atoms with Crippen molar-refractivity contribution >= 4 is 38.8 Å². The van der Waals surface area contributed by atoms with Crippen molar-refractivity contribution < 1.29 is 0 Å². The van der Waals surface area contributed by atoms with E-state index in [2.05, 4.69) is 118 Å². The SMILES string of the molecule is N#Cc1cccc(C#N)c1-n1c2ccccc2c2cc(C3C=Cc4c(c5ccccc5n4-c4ccccc4)C3)ccc21. The normalized spacial score (nSPS) is 14.2. The second-order valence-corrected chi connectivity index (χ2v) is 10.8. The zero-order valence-corrected chi connectivity index (χ0v) is 22.7. The molecular weight excluding hydrogens is 512 g/mol. The number of nitriles is 2.